The molecule has 0 radical (unpaired) electrons. The molecule has 0 saturated heterocycles. The molecule has 2 aliphatic rings. The van der Waals surface area contributed by atoms with Crippen LogP contribution in [0.3, 0.4) is 0 Å². The molecular formula is C43H34N3O2+3. The first-order valence-corrected chi connectivity index (χ1v) is 16.5. The van der Waals surface area contributed by atoms with E-state index in [0.29, 0.717) is 5.69 Å². The molecule has 7 aromatic rings. The summed E-state index contributed by atoms with van der Waals surface area (Å²) >= 11 is 0. The average Bonchev–Trinajstić information content (AvgIpc) is 3.61. The SMILES string of the molecule is CC[n+]1ccc2ccccc2c1-c1cccc2c1C1(c3ccccc3-c3cc(-c4ccc(C)cc4)cc(C(=O)OC)[n+]31)[n+]1ccccc1-2. The second kappa shape index (κ2) is 10.5. The summed E-state index contributed by atoms with van der Waals surface area (Å²) in [5, 5.41) is 2.37. The molecule has 9 rings (SSSR count). The number of hydrogen-bond acceptors (Lipinski definition) is 2. The van der Waals surface area contributed by atoms with Gasteiger partial charge in [-0.25, -0.2) is 4.79 Å². The molecule has 5 heteroatoms. The Balaban J connectivity index is 1.48. The summed E-state index contributed by atoms with van der Waals surface area (Å²) in [6, 6.07) is 45.1. The number of aromatic nitrogens is 3. The average molecular weight is 625 g/mol. The molecule has 2 aliphatic heterocycles. The number of fused-ring (bicyclic) bond motifs is 11. The zero-order valence-electron chi connectivity index (χ0n) is 27.1. The molecule has 1 unspecified atom stereocenters. The first kappa shape index (κ1) is 28.3. The van der Waals surface area contributed by atoms with Crippen LogP contribution in [0.5, 0.6) is 0 Å². The molecule has 5 nitrogen and oxygen atoms in total. The van der Waals surface area contributed by atoms with Crippen LogP contribution in [0.25, 0.3) is 55.7 Å². The highest BCUT2D eigenvalue weighted by atomic mass is 16.5. The van der Waals surface area contributed by atoms with Crippen molar-refractivity contribution in [3.63, 3.8) is 0 Å². The summed E-state index contributed by atoms with van der Waals surface area (Å²) in [6.07, 6.45) is 4.35. The van der Waals surface area contributed by atoms with Gasteiger partial charge in [-0.05, 0) is 66.8 Å². The Bertz CT molecular complexity index is 2470. The van der Waals surface area contributed by atoms with Crippen molar-refractivity contribution in [2.45, 2.75) is 26.1 Å². The highest BCUT2D eigenvalue weighted by molar-refractivity contribution is 5.96. The first-order valence-electron chi connectivity index (χ1n) is 16.5. The lowest BCUT2D eigenvalue weighted by Gasteiger charge is -2.21. The van der Waals surface area contributed by atoms with Crippen molar-refractivity contribution in [2.75, 3.05) is 7.11 Å². The predicted octanol–water partition coefficient (Wildman–Crippen LogP) is 7.41. The first-order chi connectivity index (χ1) is 23.6. The molecule has 3 aromatic heterocycles. The van der Waals surface area contributed by atoms with Crippen LogP contribution in [0.2, 0.25) is 0 Å². The highest BCUT2D eigenvalue weighted by Gasteiger charge is 2.69. The van der Waals surface area contributed by atoms with E-state index in [2.05, 4.69) is 161 Å². The Labute approximate surface area is 279 Å². The summed E-state index contributed by atoms with van der Waals surface area (Å²) in [5.74, 6) is -0.379. The van der Waals surface area contributed by atoms with Gasteiger partial charge in [0.2, 0.25) is 17.1 Å². The third-order valence-electron chi connectivity index (χ3n) is 10.2. The number of ether oxygens (including phenoxy) is 1. The largest absolute Gasteiger partial charge is 0.461 e. The molecule has 230 valence electrons. The van der Waals surface area contributed by atoms with E-state index in [0.717, 1.165) is 62.6 Å². The maximum atomic E-state index is 14.1. The van der Waals surface area contributed by atoms with Crippen LogP contribution in [-0.4, -0.2) is 13.1 Å². The van der Waals surface area contributed by atoms with E-state index in [1.54, 1.807) is 0 Å². The van der Waals surface area contributed by atoms with Gasteiger partial charge in [0.25, 0.3) is 5.69 Å². The van der Waals surface area contributed by atoms with Gasteiger partial charge in [0.05, 0.1) is 29.2 Å². The number of esters is 1. The van der Waals surface area contributed by atoms with Crippen molar-refractivity contribution in [3.8, 4) is 44.9 Å². The molecule has 0 N–H and O–H groups in total. The molecule has 48 heavy (non-hydrogen) atoms. The molecule has 4 aromatic carbocycles. The molecular weight excluding hydrogens is 590 g/mol. The quantitative estimate of drug-likeness (QED) is 0.151. The Morgan fingerprint density at radius 2 is 1.46 bits per heavy atom. The van der Waals surface area contributed by atoms with E-state index in [1.807, 2.05) is 6.07 Å². The van der Waals surface area contributed by atoms with Crippen LogP contribution in [-0.2, 0) is 16.9 Å². The molecule has 0 fully saturated rings. The normalized spacial score (nSPS) is 15.2. The number of hydrogen-bond donors (Lipinski definition) is 0. The van der Waals surface area contributed by atoms with E-state index in [-0.39, 0.29) is 5.97 Å². The van der Waals surface area contributed by atoms with Crippen molar-refractivity contribution >= 4 is 16.7 Å². The Morgan fingerprint density at radius 3 is 2.29 bits per heavy atom. The van der Waals surface area contributed by atoms with Gasteiger partial charge in [-0.3, -0.25) is 0 Å². The zero-order chi connectivity index (χ0) is 32.6. The van der Waals surface area contributed by atoms with Crippen LogP contribution < -0.4 is 13.7 Å². The van der Waals surface area contributed by atoms with Gasteiger partial charge in [0.15, 0.2) is 12.4 Å². The van der Waals surface area contributed by atoms with Crippen molar-refractivity contribution in [1.82, 2.24) is 0 Å². The van der Waals surface area contributed by atoms with Crippen molar-refractivity contribution in [3.05, 3.63) is 162 Å². The maximum Gasteiger partial charge on any atom is 0.419 e. The van der Waals surface area contributed by atoms with E-state index in [9.17, 15) is 4.79 Å². The molecule has 0 bridgehead atoms. The highest BCUT2D eigenvalue weighted by Crippen LogP contribution is 2.51. The van der Waals surface area contributed by atoms with E-state index in [4.69, 9.17) is 4.74 Å². The number of methoxy groups -OCH3 is 1. The van der Waals surface area contributed by atoms with E-state index >= 15 is 0 Å². The second-order valence-corrected chi connectivity index (χ2v) is 12.6. The number of carbonyl (C=O) groups is 1. The monoisotopic (exact) mass is 624 g/mol. The van der Waals surface area contributed by atoms with Gasteiger partial charge < -0.3 is 4.74 Å². The van der Waals surface area contributed by atoms with Crippen molar-refractivity contribution in [2.24, 2.45) is 0 Å². The molecule has 5 heterocycles. The minimum Gasteiger partial charge on any atom is -0.461 e. The van der Waals surface area contributed by atoms with Crippen LogP contribution in [0.15, 0.2) is 140 Å². The van der Waals surface area contributed by atoms with Crippen LogP contribution in [0, 0.1) is 6.92 Å². The molecule has 0 saturated carbocycles. The summed E-state index contributed by atoms with van der Waals surface area (Å²) < 4.78 is 12.5. The van der Waals surface area contributed by atoms with Crippen molar-refractivity contribution in [1.29, 1.82) is 0 Å². The van der Waals surface area contributed by atoms with Gasteiger partial charge in [0.1, 0.15) is 17.7 Å². The van der Waals surface area contributed by atoms with Crippen LogP contribution in [0.1, 0.15) is 34.1 Å². The topological polar surface area (TPSA) is 37.9 Å². The molecule has 1 spiro atoms. The maximum absolute atomic E-state index is 14.1. The summed E-state index contributed by atoms with van der Waals surface area (Å²) in [6.45, 7) is 5.09. The number of aryl methyl sites for hydroxylation is 2. The number of benzene rings is 4. The lowest BCUT2D eigenvalue weighted by atomic mass is 9.84. The third-order valence-corrected chi connectivity index (χ3v) is 10.2. The Morgan fingerprint density at radius 1 is 0.708 bits per heavy atom. The predicted molar refractivity (Wildman–Crippen MR) is 186 cm³/mol. The fourth-order valence-electron chi connectivity index (χ4n) is 8.15. The molecule has 0 aliphatic carbocycles. The van der Waals surface area contributed by atoms with Crippen LogP contribution in [0.4, 0.5) is 0 Å². The molecule has 0 amide bonds. The third kappa shape index (κ3) is 3.73. The van der Waals surface area contributed by atoms with Gasteiger partial charge in [-0.2, -0.15) is 4.57 Å². The zero-order valence-corrected chi connectivity index (χ0v) is 27.1. The smallest absolute Gasteiger partial charge is 0.419 e. The Kier molecular flexibility index (Phi) is 6.21. The fourth-order valence-corrected chi connectivity index (χ4v) is 8.15. The van der Waals surface area contributed by atoms with Gasteiger partial charge in [-0.15, -0.1) is 9.13 Å². The molecule has 1 atom stereocenters. The van der Waals surface area contributed by atoms with Crippen LogP contribution >= 0.6 is 0 Å². The second-order valence-electron chi connectivity index (χ2n) is 12.6. The van der Waals surface area contributed by atoms with Gasteiger partial charge in [0, 0.05) is 30.3 Å². The number of carbonyl (C=O) groups excluding carboxylic acids is 1. The van der Waals surface area contributed by atoms with E-state index < -0.39 is 5.66 Å². The summed E-state index contributed by atoms with van der Waals surface area (Å²) in [7, 11) is 1.47. The van der Waals surface area contributed by atoms with Crippen molar-refractivity contribution < 1.29 is 23.2 Å². The number of nitrogens with zero attached hydrogens (tertiary/aromatic N) is 3. The summed E-state index contributed by atoms with van der Waals surface area (Å²) in [5.41, 5.74) is 11.6. The number of rotatable bonds is 4. The van der Waals surface area contributed by atoms with E-state index in [1.165, 1.54) is 23.4 Å². The lowest BCUT2D eigenvalue weighted by molar-refractivity contribution is -0.955. The standard InChI is InChI=1S/C43H34N3O2/c1-4-44-25-23-30-12-5-6-13-32(30)41(44)35-16-11-15-34-37-18-9-10-24-45(37)43(40(34)35)36-17-8-7-14-33(36)38-26-31(29-21-19-28(2)20-22-29)27-39(46(38)43)42(47)48-3/h5-27H,4H2,1-3H3/q+3. The van der Waals surface area contributed by atoms with Gasteiger partial charge in [-0.1, -0.05) is 66.2 Å². The van der Waals surface area contributed by atoms with Gasteiger partial charge >= 0.3 is 11.6 Å². The fraction of sp³-hybridized carbons (Fsp3) is 0.116. The lowest BCUT2D eigenvalue weighted by Crippen LogP contribution is -2.73. The Hall–Kier alpha value is -5.94. The summed E-state index contributed by atoms with van der Waals surface area (Å²) in [4.78, 5) is 14.1. The minimum absolute atomic E-state index is 0.379. The number of pyridine rings is 3. The minimum atomic E-state index is -0.910.